The molecule has 0 spiro atoms. The molecule has 4 aliphatic rings. The number of aromatic nitrogens is 1. The number of amides is 6. The maximum atomic E-state index is 14.7. The van der Waals surface area contributed by atoms with Gasteiger partial charge in [0.1, 0.15) is 30.5 Å². The van der Waals surface area contributed by atoms with Crippen LogP contribution in [0.4, 0.5) is 10.1 Å². The lowest BCUT2D eigenvalue weighted by atomic mass is 9.85. The molecular weight excluding hydrogens is 1070 g/mol. The second-order valence-corrected chi connectivity index (χ2v) is 23.8. The van der Waals surface area contributed by atoms with E-state index in [4.69, 9.17) is 29.4 Å². The minimum atomic E-state index is -1.98. The number of carbonyl (C=O) groups is 6. The molecule has 6 atom stereocenters. The van der Waals surface area contributed by atoms with Gasteiger partial charge in [-0.15, -0.1) is 11.3 Å². The number of β-amino-alcohol motifs (C(OH)–C–C–N with tert-alkyl or cyclic N) is 1. The van der Waals surface area contributed by atoms with Crippen molar-refractivity contribution in [3.05, 3.63) is 99.7 Å². The molecule has 1 unspecified atom stereocenters. The van der Waals surface area contributed by atoms with Gasteiger partial charge < -0.3 is 55.4 Å². The smallest absolute Gasteiger partial charge is 0.258 e. The molecular formula is C61H80FN7O12S. The van der Waals surface area contributed by atoms with Crippen LogP contribution in [0.25, 0.3) is 10.4 Å². The number of nitrogens with two attached hydrogens (primary N) is 1. The Hall–Kier alpha value is -6.36. The van der Waals surface area contributed by atoms with E-state index in [1.54, 1.807) is 31.2 Å². The summed E-state index contributed by atoms with van der Waals surface area (Å²) in [7, 11) is 0. The van der Waals surface area contributed by atoms with Crippen molar-refractivity contribution in [2.45, 2.75) is 160 Å². The molecule has 6 amide bonds. The highest BCUT2D eigenvalue weighted by Crippen LogP contribution is 2.41. The van der Waals surface area contributed by atoms with Gasteiger partial charge in [-0.05, 0) is 98.1 Å². The zero-order valence-electron chi connectivity index (χ0n) is 47.8. The second kappa shape index (κ2) is 28.3. The van der Waals surface area contributed by atoms with E-state index in [9.17, 15) is 38.3 Å². The van der Waals surface area contributed by atoms with Crippen molar-refractivity contribution in [2.75, 3.05) is 57.7 Å². The standard InChI is InChI=1S/C61H80FN7O12S/c1-38-54(82-37-65-38)44-18-19-45(34-64-56(73)48-33-46(70)35-68(48)58(75)55(60(3,4)5)67-59(76)61(62)22-23-61)50(32-44)80-30-29-79-28-27-78-26-25-77-24-8-9-40-14-16-41(17-15-40)36-81-39(2)47(20-21-51(63)71)66-57(74)49-31-43-12-6-10-42-11-7-13-52(72)69(49)53(42)43/h6,10,12,14-19,32,37,39,46-49,55,70H,7-9,11,13,20-31,33-36H2,1-5H3,(H2,63,71)(H,64,73)(H,66,74)(H,67,76)/t39-,46-,47?,48+,49+,55-/m1/s1. The van der Waals surface area contributed by atoms with E-state index in [1.807, 2.05) is 62.4 Å². The molecule has 4 heterocycles. The molecule has 1 aromatic heterocycles. The van der Waals surface area contributed by atoms with Crippen molar-refractivity contribution in [2.24, 2.45) is 11.1 Å². The Morgan fingerprint density at radius 2 is 1.59 bits per heavy atom. The van der Waals surface area contributed by atoms with Crippen LogP contribution in [0.1, 0.15) is 113 Å². The molecule has 0 radical (unpaired) electrons. The quantitative estimate of drug-likeness (QED) is 0.0392. The molecule has 21 heteroatoms. The SMILES string of the molecule is Cc1ncsc1-c1ccc(CNC(=O)[C@@H]2C[C@@H](O)CN2C(=O)[C@@H](NC(=O)C2(F)CC2)C(C)(C)C)c(OCCOCCOCCOCCCc2ccc(CO[C@H](C)C(CCC(N)=O)NC(=O)[C@@H]3Cc4cccc5c4N3C(=O)CCC5)cc2)c1. The van der Waals surface area contributed by atoms with Gasteiger partial charge in [-0.3, -0.25) is 33.7 Å². The molecule has 8 rings (SSSR count). The van der Waals surface area contributed by atoms with Crippen LogP contribution in [0.2, 0.25) is 0 Å². The number of aryl methyl sites for hydroxylation is 3. The predicted molar refractivity (Wildman–Crippen MR) is 306 cm³/mol. The molecule has 1 saturated heterocycles. The number of anilines is 1. The molecule has 0 bridgehead atoms. The van der Waals surface area contributed by atoms with Crippen LogP contribution in [-0.4, -0.2) is 145 Å². The van der Waals surface area contributed by atoms with E-state index in [2.05, 4.69) is 33.1 Å². The maximum Gasteiger partial charge on any atom is 0.258 e. The number of hydrogen-bond donors (Lipinski definition) is 5. The fourth-order valence-corrected chi connectivity index (χ4v) is 11.5. The fraction of sp³-hybridized carbons (Fsp3) is 0.557. The van der Waals surface area contributed by atoms with Crippen LogP contribution < -0.4 is 31.3 Å². The van der Waals surface area contributed by atoms with Crippen LogP contribution in [0, 0.1) is 12.3 Å². The molecule has 82 heavy (non-hydrogen) atoms. The number of halogens is 1. The Bertz CT molecular complexity index is 2880. The number of rotatable bonds is 30. The van der Waals surface area contributed by atoms with E-state index in [-0.39, 0.29) is 63.8 Å². The Morgan fingerprint density at radius 3 is 2.27 bits per heavy atom. The Morgan fingerprint density at radius 1 is 0.890 bits per heavy atom. The minimum absolute atomic E-state index is 0.00837. The minimum Gasteiger partial charge on any atom is -0.491 e. The summed E-state index contributed by atoms with van der Waals surface area (Å²) in [5.74, 6) is -2.13. The number of nitrogens with zero attached hydrogens (tertiary/aromatic N) is 3. The van der Waals surface area contributed by atoms with Crippen molar-refractivity contribution >= 4 is 52.5 Å². The number of aliphatic hydroxyl groups is 1. The highest BCUT2D eigenvalue weighted by molar-refractivity contribution is 7.13. The zero-order chi connectivity index (χ0) is 58.6. The summed E-state index contributed by atoms with van der Waals surface area (Å²) in [5.41, 5.74) is 12.0. The van der Waals surface area contributed by atoms with Gasteiger partial charge in [0.2, 0.25) is 29.5 Å². The number of carbonyl (C=O) groups excluding carboxylic acids is 6. The van der Waals surface area contributed by atoms with Crippen molar-refractivity contribution in [1.82, 2.24) is 25.8 Å². The number of likely N-dealkylation sites (tertiary alicyclic amines) is 1. The Kier molecular flexibility index (Phi) is 21.3. The van der Waals surface area contributed by atoms with E-state index >= 15 is 0 Å². The molecule has 4 aromatic rings. The van der Waals surface area contributed by atoms with Crippen molar-refractivity contribution < 1.29 is 61.9 Å². The van der Waals surface area contributed by atoms with E-state index < -0.39 is 71.1 Å². The first kappa shape index (κ1) is 61.7. The van der Waals surface area contributed by atoms with Gasteiger partial charge in [0.25, 0.3) is 5.91 Å². The summed E-state index contributed by atoms with van der Waals surface area (Å²) in [6.45, 7) is 11.9. The number of hydrogen-bond acceptors (Lipinski definition) is 14. The molecule has 1 aliphatic carbocycles. The number of ether oxygens (including phenoxy) is 5. The first-order valence-corrected chi connectivity index (χ1v) is 29.5. The molecule has 3 aromatic carbocycles. The average Bonchev–Trinajstić information content (AvgIpc) is 3.68. The number of benzene rings is 3. The fourth-order valence-electron chi connectivity index (χ4n) is 10.7. The normalized spacial score (nSPS) is 19.2. The molecule has 2 fully saturated rings. The second-order valence-electron chi connectivity index (χ2n) is 22.9. The molecule has 3 aliphatic heterocycles. The monoisotopic (exact) mass is 1150 g/mol. The lowest BCUT2D eigenvalue weighted by Gasteiger charge is -2.35. The van der Waals surface area contributed by atoms with Gasteiger partial charge in [0, 0.05) is 50.9 Å². The number of thiazole rings is 1. The summed E-state index contributed by atoms with van der Waals surface area (Å²) >= 11 is 1.50. The zero-order valence-corrected chi connectivity index (χ0v) is 48.6. The predicted octanol–water partition coefficient (Wildman–Crippen LogP) is 5.74. The summed E-state index contributed by atoms with van der Waals surface area (Å²) in [6.07, 6.45) is 3.21. The van der Waals surface area contributed by atoms with E-state index in [0.29, 0.717) is 70.2 Å². The summed E-state index contributed by atoms with van der Waals surface area (Å²) in [6, 6.07) is 16.6. The highest BCUT2D eigenvalue weighted by atomic mass is 32.1. The number of aliphatic hydroxyl groups excluding tert-OH is 1. The van der Waals surface area contributed by atoms with Gasteiger partial charge in [-0.25, -0.2) is 9.37 Å². The van der Waals surface area contributed by atoms with Crippen LogP contribution in [0.5, 0.6) is 5.75 Å². The molecule has 444 valence electrons. The van der Waals surface area contributed by atoms with E-state index in [0.717, 1.165) is 69.8 Å². The van der Waals surface area contributed by atoms with Crippen molar-refractivity contribution in [3.63, 3.8) is 0 Å². The summed E-state index contributed by atoms with van der Waals surface area (Å²) in [4.78, 5) is 87.6. The highest BCUT2D eigenvalue weighted by Gasteiger charge is 2.53. The lowest BCUT2D eigenvalue weighted by Crippen LogP contribution is -2.59. The van der Waals surface area contributed by atoms with Gasteiger partial charge in [-0.1, -0.05) is 75.4 Å². The number of primary amides is 1. The number of nitrogens with one attached hydrogen (secondary N) is 3. The van der Waals surface area contributed by atoms with Gasteiger partial charge in [0.15, 0.2) is 5.67 Å². The third-order valence-corrected chi connectivity index (χ3v) is 16.5. The van der Waals surface area contributed by atoms with E-state index in [1.165, 1.54) is 16.2 Å². The first-order chi connectivity index (χ1) is 39.3. The molecule has 6 N–H and O–H groups in total. The van der Waals surface area contributed by atoms with Crippen LogP contribution in [0.15, 0.2) is 66.2 Å². The molecule has 1 saturated carbocycles. The van der Waals surface area contributed by atoms with Gasteiger partial charge >= 0.3 is 0 Å². The lowest BCUT2D eigenvalue weighted by molar-refractivity contribution is -0.145. The summed E-state index contributed by atoms with van der Waals surface area (Å²) in [5, 5.41) is 19.3. The van der Waals surface area contributed by atoms with Crippen molar-refractivity contribution in [3.8, 4) is 16.2 Å². The van der Waals surface area contributed by atoms with Crippen molar-refractivity contribution in [1.29, 1.82) is 0 Å². The Balaban J connectivity index is 0.709. The molecule has 19 nitrogen and oxygen atoms in total. The van der Waals surface area contributed by atoms with Crippen LogP contribution >= 0.6 is 11.3 Å². The van der Waals surface area contributed by atoms with Gasteiger partial charge in [-0.2, -0.15) is 0 Å². The van der Waals surface area contributed by atoms with Gasteiger partial charge in [0.05, 0.1) is 79.7 Å². The maximum absolute atomic E-state index is 14.7. The largest absolute Gasteiger partial charge is 0.491 e. The number of alkyl halides is 1. The number of para-hydroxylation sites is 1. The van der Waals surface area contributed by atoms with Crippen LogP contribution in [-0.2, 0) is 80.1 Å². The topological polar surface area (TPSA) is 250 Å². The Labute approximate surface area is 483 Å². The third-order valence-electron chi connectivity index (χ3n) is 15.6. The average molecular weight is 1150 g/mol. The third kappa shape index (κ3) is 16.2. The van der Waals surface area contributed by atoms with Crippen LogP contribution in [0.3, 0.4) is 0 Å². The summed E-state index contributed by atoms with van der Waals surface area (Å²) < 4.78 is 44.5. The first-order valence-electron chi connectivity index (χ1n) is 28.7.